The van der Waals surface area contributed by atoms with Crippen molar-refractivity contribution in [2.45, 2.75) is 51.7 Å². The van der Waals surface area contributed by atoms with Crippen LogP contribution >= 0.6 is 0 Å². The van der Waals surface area contributed by atoms with Gasteiger partial charge in [-0.1, -0.05) is 12.2 Å². The van der Waals surface area contributed by atoms with Crippen molar-refractivity contribution in [1.29, 1.82) is 0 Å². The van der Waals surface area contributed by atoms with Crippen LogP contribution in [0.4, 0.5) is 4.79 Å². The van der Waals surface area contributed by atoms with Crippen molar-refractivity contribution in [2.24, 2.45) is 5.92 Å². The standard InChI is InChI=1S/C18H25N3O2/c1-3-6-15-16(7-4-2)21(13-20-15)11-14-8-5-9-18(10-14)12-19-17(22)23-18/h3-4,6-7,13-14H,5,8-12H2,1-2H3,(H,19,22)/b6-3-,7-4-. The first-order valence-corrected chi connectivity index (χ1v) is 8.43. The maximum absolute atomic E-state index is 11.4. The lowest BCUT2D eigenvalue weighted by molar-refractivity contribution is 0.00414. The van der Waals surface area contributed by atoms with E-state index in [-0.39, 0.29) is 11.7 Å². The first-order valence-electron chi connectivity index (χ1n) is 8.43. The van der Waals surface area contributed by atoms with Gasteiger partial charge in [0, 0.05) is 6.54 Å². The fourth-order valence-electron chi connectivity index (χ4n) is 3.81. The topological polar surface area (TPSA) is 56.2 Å². The molecule has 1 aliphatic heterocycles. The van der Waals surface area contributed by atoms with E-state index >= 15 is 0 Å². The van der Waals surface area contributed by atoms with Gasteiger partial charge in [0.15, 0.2) is 0 Å². The van der Waals surface area contributed by atoms with Crippen LogP contribution in [0.5, 0.6) is 0 Å². The van der Waals surface area contributed by atoms with Crippen LogP contribution in [0.25, 0.3) is 12.2 Å². The molecule has 1 amide bonds. The summed E-state index contributed by atoms with van der Waals surface area (Å²) in [5.74, 6) is 0.508. The van der Waals surface area contributed by atoms with E-state index in [4.69, 9.17) is 4.74 Å². The molecule has 1 aromatic heterocycles. The molecule has 3 rings (SSSR count). The molecule has 1 spiro atoms. The number of allylic oxidation sites excluding steroid dienone is 2. The van der Waals surface area contributed by atoms with Crippen molar-refractivity contribution in [1.82, 2.24) is 14.9 Å². The van der Waals surface area contributed by atoms with Gasteiger partial charge in [-0.3, -0.25) is 0 Å². The van der Waals surface area contributed by atoms with Crippen molar-refractivity contribution < 1.29 is 9.53 Å². The largest absolute Gasteiger partial charge is 0.441 e. The number of carbonyl (C=O) groups excluding carboxylic acids is 1. The van der Waals surface area contributed by atoms with Gasteiger partial charge in [0.2, 0.25) is 0 Å². The highest BCUT2D eigenvalue weighted by atomic mass is 16.6. The number of aromatic nitrogens is 2. The minimum absolute atomic E-state index is 0.266. The van der Waals surface area contributed by atoms with E-state index in [1.165, 1.54) is 6.42 Å². The summed E-state index contributed by atoms with van der Waals surface area (Å²) in [5.41, 5.74) is 1.87. The summed E-state index contributed by atoms with van der Waals surface area (Å²) < 4.78 is 7.80. The Hall–Kier alpha value is -2.04. The van der Waals surface area contributed by atoms with Crippen LogP contribution in [0.15, 0.2) is 18.5 Å². The third-order valence-electron chi connectivity index (χ3n) is 4.78. The second-order valence-electron chi connectivity index (χ2n) is 6.56. The molecule has 0 bridgehead atoms. The fourth-order valence-corrected chi connectivity index (χ4v) is 3.81. The van der Waals surface area contributed by atoms with Crippen molar-refractivity contribution in [3.63, 3.8) is 0 Å². The highest BCUT2D eigenvalue weighted by Crippen LogP contribution is 2.38. The van der Waals surface area contributed by atoms with Crippen molar-refractivity contribution in [3.05, 3.63) is 29.9 Å². The molecule has 2 aliphatic rings. The lowest BCUT2D eigenvalue weighted by Crippen LogP contribution is -2.39. The molecule has 5 nitrogen and oxygen atoms in total. The van der Waals surface area contributed by atoms with Gasteiger partial charge >= 0.3 is 6.09 Å². The molecule has 124 valence electrons. The second kappa shape index (κ2) is 6.60. The van der Waals surface area contributed by atoms with Crippen LogP contribution in [0.3, 0.4) is 0 Å². The number of imidazole rings is 1. The van der Waals surface area contributed by atoms with E-state index in [0.717, 1.165) is 37.2 Å². The predicted molar refractivity (Wildman–Crippen MR) is 90.8 cm³/mol. The van der Waals surface area contributed by atoms with Gasteiger partial charge < -0.3 is 14.6 Å². The Morgan fingerprint density at radius 2 is 2.26 bits per heavy atom. The van der Waals surface area contributed by atoms with Crippen molar-refractivity contribution in [2.75, 3.05) is 6.54 Å². The Balaban J connectivity index is 1.75. The monoisotopic (exact) mass is 315 g/mol. The maximum atomic E-state index is 11.4. The molecule has 5 heteroatoms. The molecule has 0 aromatic carbocycles. The van der Waals surface area contributed by atoms with Gasteiger partial charge in [0.05, 0.1) is 24.3 Å². The normalized spacial score (nSPS) is 27.9. The molecule has 2 heterocycles. The minimum Gasteiger partial charge on any atom is -0.441 e. The quantitative estimate of drug-likeness (QED) is 0.923. The van der Waals surface area contributed by atoms with Gasteiger partial charge in [-0.05, 0) is 57.6 Å². The summed E-state index contributed by atoms with van der Waals surface area (Å²) >= 11 is 0. The molecule has 1 N–H and O–H groups in total. The minimum atomic E-state index is -0.284. The highest BCUT2D eigenvalue weighted by Gasteiger charge is 2.44. The fraction of sp³-hybridized carbons (Fsp3) is 0.556. The summed E-state index contributed by atoms with van der Waals surface area (Å²) in [6.45, 7) is 5.60. The molecule has 1 saturated carbocycles. The smallest absolute Gasteiger partial charge is 0.407 e. The van der Waals surface area contributed by atoms with Crippen molar-refractivity contribution >= 4 is 18.2 Å². The lowest BCUT2D eigenvalue weighted by atomic mass is 9.78. The summed E-state index contributed by atoms with van der Waals surface area (Å²) in [6, 6.07) is 0. The number of carbonyl (C=O) groups is 1. The number of amides is 1. The molecule has 23 heavy (non-hydrogen) atoms. The van der Waals surface area contributed by atoms with E-state index in [0.29, 0.717) is 12.5 Å². The summed E-state index contributed by atoms with van der Waals surface area (Å²) in [6.07, 6.45) is 14.0. The number of nitrogens with one attached hydrogen (secondary N) is 1. The SMILES string of the molecule is C/C=C\c1ncn(CC2CCCC3(CNC(=O)O3)C2)c1/C=C\C. The van der Waals surface area contributed by atoms with Gasteiger partial charge in [-0.15, -0.1) is 0 Å². The van der Waals surface area contributed by atoms with Crippen LogP contribution in [0.1, 0.15) is 50.9 Å². The Morgan fingerprint density at radius 1 is 1.43 bits per heavy atom. The van der Waals surface area contributed by atoms with Gasteiger partial charge in [0.1, 0.15) is 5.60 Å². The zero-order valence-electron chi connectivity index (χ0n) is 13.9. The molecular weight excluding hydrogens is 290 g/mol. The van der Waals surface area contributed by atoms with Gasteiger partial charge in [-0.2, -0.15) is 0 Å². The van der Waals surface area contributed by atoms with Crippen molar-refractivity contribution in [3.8, 4) is 0 Å². The number of hydrogen-bond donors (Lipinski definition) is 1. The molecule has 1 aromatic rings. The highest BCUT2D eigenvalue weighted by molar-refractivity contribution is 5.70. The Bertz CT molecular complexity index is 632. The van der Waals surface area contributed by atoms with Crippen LogP contribution in [-0.4, -0.2) is 27.8 Å². The third kappa shape index (κ3) is 3.33. The predicted octanol–water partition coefficient (Wildman–Crippen LogP) is 3.62. The Morgan fingerprint density at radius 3 is 2.96 bits per heavy atom. The average Bonchev–Trinajstić information content (AvgIpc) is 3.06. The Kier molecular flexibility index (Phi) is 4.55. The second-order valence-corrected chi connectivity index (χ2v) is 6.56. The molecule has 2 unspecified atom stereocenters. The van der Waals surface area contributed by atoms with E-state index in [9.17, 15) is 4.79 Å². The number of ether oxygens (including phenoxy) is 1. The van der Waals surface area contributed by atoms with Crippen LogP contribution < -0.4 is 5.32 Å². The maximum Gasteiger partial charge on any atom is 0.407 e. The lowest BCUT2D eigenvalue weighted by Gasteiger charge is -2.35. The summed E-state index contributed by atoms with van der Waals surface area (Å²) in [5, 5.41) is 2.82. The van der Waals surface area contributed by atoms with Gasteiger partial charge in [-0.25, -0.2) is 9.78 Å². The number of alkyl carbamates (subject to hydrolysis) is 1. The molecule has 0 radical (unpaired) electrons. The van der Waals surface area contributed by atoms with Crippen LogP contribution in [-0.2, 0) is 11.3 Å². The van der Waals surface area contributed by atoms with E-state index in [1.807, 2.05) is 38.4 Å². The van der Waals surface area contributed by atoms with Crippen LogP contribution in [0, 0.1) is 5.92 Å². The molecular formula is C18H25N3O2. The average molecular weight is 315 g/mol. The summed E-state index contributed by atoms with van der Waals surface area (Å²) in [7, 11) is 0. The first-order chi connectivity index (χ1) is 11.2. The molecule has 2 fully saturated rings. The number of nitrogens with zero attached hydrogens (tertiary/aromatic N) is 2. The molecule has 1 saturated heterocycles. The summed E-state index contributed by atoms with van der Waals surface area (Å²) in [4.78, 5) is 15.9. The van der Waals surface area contributed by atoms with E-state index < -0.39 is 0 Å². The van der Waals surface area contributed by atoms with E-state index in [1.54, 1.807) is 0 Å². The van der Waals surface area contributed by atoms with Gasteiger partial charge in [0.25, 0.3) is 0 Å². The first kappa shape index (κ1) is 15.8. The Labute approximate surface area is 137 Å². The van der Waals surface area contributed by atoms with Crippen LogP contribution in [0.2, 0.25) is 0 Å². The van der Waals surface area contributed by atoms with E-state index in [2.05, 4.69) is 20.9 Å². The zero-order chi connectivity index (χ0) is 16.3. The number of hydrogen-bond acceptors (Lipinski definition) is 3. The number of rotatable bonds is 4. The zero-order valence-corrected chi connectivity index (χ0v) is 13.9. The molecule has 2 atom stereocenters. The molecule has 1 aliphatic carbocycles. The third-order valence-corrected chi connectivity index (χ3v) is 4.78.